The fraction of sp³-hybridized carbons (Fsp3) is 0.300. The number of carbonyl (C=O) groups is 1. The first-order valence-corrected chi connectivity index (χ1v) is 12.5. The van der Waals surface area contributed by atoms with Crippen LogP contribution in [-0.4, -0.2) is 26.9 Å². The van der Waals surface area contributed by atoms with E-state index in [2.05, 4.69) is 0 Å². The summed E-state index contributed by atoms with van der Waals surface area (Å²) in [5.41, 5.74) is 3.28. The van der Waals surface area contributed by atoms with Gasteiger partial charge in [-0.3, -0.25) is 14.2 Å². The summed E-state index contributed by atoms with van der Waals surface area (Å²) in [6.45, 7) is 8.47. The fourth-order valence-corrected chi connectivity index (χ4v) is 4.55. The molecular formula is C30H32FN3O2. The average molecular weight is 486 g/mol. The molecule has 3 aromatic carbocycles. The van der Waals surface area contributed by atoms with Crippen molar-refractivity contribution in [2.45, 2.75) is 53.0 Å². The third-order valence-corrected chi connectivity index (χ3v) is 6.73. The maximum atomic E-state index is 14.7. The first-order chi connectivity index (χ1) is 17.4. The lowest BCUT2D eigenvalue weighted by Gasteiger charge is -2.32. The Morgan fingerprint density at radius 1 is 1.00 bits per heavy atom. The number of nitrogens with zero attached hydrogens (tertiary/aromatic N) is 3. The van der Waals surface area contributed by atoms with E-state index in [4.69, 9.17) is 4.98 Å². The molecule has 0 saturated carbocycles. The highest BCUT2D eigenvalue weighted by Gasteiger charge is 2.30. The molecular weight excluding hydrogens is 453 g/mol. The van der Waals surface area contributed by atoms with Gasteiger partial charge in [0.2, 0.25) is 0 Å². The Labute approximate surface area is 211 Å². The Morgan fingerprint density at radius 3 is 2.42 bits per heavy atom. The highest BCUT2D eigenvalue weighted by molar-refractivity contribution is 5.94. The van der Waals surface area contributed by atoms with Gasteiger partial charge in [0.25, 0.3) is 11.5 Å². The Hall–Kier alpha value is -3.80. The molecule has 1 unspecified atom stereocenters. The molecule has 0 aliphatic rings. The van der Waals surface area contributed by atoms with Crippen molar-refractivity contribution in [3.05, 3.63) is 105 Å². The van der Waals surface area contributed by atoms with E-state index in [1.165, 1.54) is 12.1 Å². The molecule has 0 bridgehead atoms. The second-order valence-electron chi connectivity index (χ2n) is 9.15. The molecule has 0 fully saturated rings. The van der Waals surface area contributed by atoms with Crippen LogP contribution in [0.15, 0.2) is 71.5 Å². The smallest absolute Gasteiger partial charge is 0.266 e. The second kappa shape index (κ2) is 10.9. The molecule has 4 aromatic rings. The molecule has 0 aliphatic carbocycles. The van der Waals surface area contributed by atoms with Gasteiger partial charge in [0, 0.05) is 6.54 Å². The number of rotatable bonds is 8. The van der Waals surface area contributed by atoms with Crippen LogP contribution in [0.3, 0.4) is 0 Å². The zero-order valence-corrected chi connectivity index (χ0v) is 21.3. The zero-order valence-electron chi connectivity index (χ0n) is 21.3. The molecule has 1 amide bonds. The van der Waals surface area contributed by atoms with Gasteiger partial charge in [-0.1, -0.05) is 50.6 Å². The van der Waals surface area contributed by atoms with Gasteiger partial charge < -0.3 is 4.90 Å². The van der Waals surface area contributed by atoms with Crippen LogP contribution in [0.5, 0.6) is 0 Å². The Bertz CT molecular complexity index is 1460. The fourth-order valence-electron chi connectivity index (χ4n) is 4.55. The van der Waals surface area contributed by atoms with Gasteiger partial charge in [-0.15, -0.1) is 0 Å². The highest BCUT2D eigenvalue weighted by Crippen LogP contribution is 2.29. The summed E-state index contributed by atoms with van der Waals surface area (Å²) >= 11 is 0. The molecule has 186 valence electrons. The van der Waals surface area contributed by atoms with Crippen molar-refractivity contribution in [3.8, 4) is 5.69 Å². The van der Waals surface area contributed by atoms with Crippen molar-refractivity contribution in [2.24, 2.45) is 0 Å². The summed E-state index contributed by atoms with van der Waals surface area (Å²) in [4.78, 5) is 34.2. The highest BCUT2D eigenvalue weighted by atomic mass is 19.1. The first-order valence-electron chi connectivity index (χ1n) is 12.5. The van der Waals surface area contributed by atoms with Crippen LogP contribution >= 0.6 is 0 Å². The van der Waals surface area contributed by atoms with Gasteiger partial charge in [-0.2, -0.15) is 0 Å². The third kappa shape index (κ3) is 4.81. The van der Waals surface area contributed by atoms with Crippen molar-refractivity contribution >= 4 is 16.8 Å². The van der Waals surface area contributed by atoms with E-state index < -0.39 is 17.8 Å². The van der Waals surface area contributed by atoms with Crippen LogP contribution in [0.25, 0.3) is 16.6 Å². The van der Waals surface area contributed by atoms with Crippen LogP contribution in [0.2, 0.25) is 0 Å². The first kappa shape index (κ1) is 25.3. The van der Waals surface area contributed by atoms with E-state index in [1.54, 1.807) is 27.7 Å². The minimum atomic E-state index is -0.558. The maximum absolute atomic E-state index is 14.7. The number of carbonyl (C=O) groups excluding carboxylic acids is 1. The van der Waals surface area contributed by atoms with E-state index in [0.29, 0.717) is 35.4 Å². The van der Waals surface area contributed by atoms with Gasteiger partial charge in [0.1, 0.15) is 11.6 Å². The summed E-state index contributed by atoms with van der Waals surface area (Å²) in [5.74, 6) is -0.482. The minimum Gasteiger partial charge on any atom is -0.328 e. The van der Waals surface area contributed by atoms with Crippen molar-refractivity contribution in [3.63, 3.8) is 0 Å². The number of aryl methyl sites for hydroxylation is 2. The molecule has 1 heterocycles. The summed E-state index contributed by atoms with van der Waals surface area (Å²) in [5, 5.41) is 0.509. The lowest BCUT2D eigenvalue weighted by Crippen LogP contribution is -2.39. The molecule has 36 heavy (non-hydrogen) atoms. The predicted molar refractivity (Wildman–Crippen MR) is 142 cm³/mol. The van der Waals surface area contributed by atoms with Crippen LogP contribution in [0, 0.1) is 19.7 Å². The van der Waals surface area contributed by atoms with Crippen molar-refractivity contribution in [1.82, 2.24) is 14.5 Å². The van der Waals surface area contributed by atoms with Crippen molar-refractivity contribution in [2.75, 3.05) is 6.54 Å². The molecule has 0 saturated heterocycles. The third-order valence-electron chi connectivity index (χ3n) is 6.73. The Kier molecular flexibility index (Phi) is 7.63. The number of aromatic nitrogens is 2. The lowest BCUT2D eigenvalue weighted by molar-refractivity contribution is 0.0651. The number of benzene rings is 3. The number of fused-ring (bicyclic) bond motifs is 1. The maximum Gasteiger partial charge on any atom is 0.266 e. The molecule has 0 spiro atoms. The largest absolute Gasteiger partial charge is 0.328 e. The molecule has 0 N–H and O–H groups in total. The van der Waals surface area contributed by atoms with Gasteiger partial charge in [0.05, 0.1) is 28.2 Å². The number of halogens is 1. The van der Waals surface area contributed by atoms with Crippen molar-refractivity contribution < 1.29 is 9.18 Å². The van der Waals surface area contributed by atoms with Gasteiger partial charge in [-0.05, 0) is 74.2 Å². The molecule has 1 atom stereocenters. The van der Waals surface area contributed by atoms with E-state index in [9.17, 15) is 14.0 Å². The summed E-state index contributed by atoms with van der Waals surface area (Å²) in [6, 6.07) is 18.6. The summed E-state index contributed by atoms with van der Waals surface area (Å²) in [7, 11) is 0. The Balaban J connectivity index is 1.97. The minimum absolute atomic E-state index is 0.0212. The van der Waals surface area contributed by atoms with Crippen molar-refractivity contribution in [1.29, 1.82) is 0 Å². The van der Waals surface area contributed by atoms with E-state index in [0.717, 1.165) is 24.0 Å². The number of hydrogen-bond acceptors (Lipinski definition) is 3. The molecule has 0 radical (unpaired) electrons. The van der Waals surface area contributed by atoms with Gasteiger partial charge >= 0.3 is 0 Å². The number of unbranched alkanes of at least 4 members (excludes halogenated alkanes) is 1. The van der Waals surface area contributed by atoms with E-state index in [-0.39, 0.29) is 11.1 Å². The molecule has 1 aromatic heterocycles. The van der Waals surface area contributed by atoms with E-state index >= 15 is 0 Å². The standard InChI is InChI=1S/C30H32FN3O2/c1-5-7-18-33(29(35)23-12-8-10-14-25(23)31)27(6-2)28-32-26-15-11-9-13-24(26)30(36)34(28)22-17-16-20(3)21(4)19-22/h8-17,19,27H,5-7,18H2,1-4H3. The van der Waals surface area contributed by atoms with Crippen LogP contribution in [-0.2, 0) is 0 Å². The topological polar surface area (TPSA) is 55.2 Å². The number of hydrogen-bond donors (Lipinski definition) is 0. The lowest BCUT2D eigenvalue weighted by atomic mass is 10.1. The number of amides is 1. The summed E-state index contributed by atoms with van der Waals surface area (Å²) in [6.07, 6.45) is 2.13. The van der Waals surface area contributed by atoms with E-state index in [1.807, 2.05) is 64.1 Å². The Morgan fingerprint density at radius 2 is 1.72 bits per heavy atom. The molecule has 0 aliphatic heterocycles. The molecule has 4 rings (SSSR count). The molecule has 5 nitrogen and oxygen atoms in total. The monoisotopic (exact) mass is 485 g/mol. The van der Waals surface area contributed by atoms with Crippen LogP contribution in [0.4, 0.5) is 4.39 Å². The quantitative estimate of drug-likeness (QED) is 0.285. The molecule has 6 heteroatoms. The average Bonchev–Trinajstić information content (AvgIpc) is 2.88. The summed E-state index contributed by atoms with van der Waals surface area (Å²) < 4.78 is 16.3. The van der Waals surface area contributed by atoms with Crippen LogP contribution in [0.1, 0.15) is 66.5 Å². The SMILES string of the molecule is CCCCN(C(=O)c1ccccc1F)C(CC)c1nc2ccccc2c(=O)n1-c1ccc(C)c(C)c1. The number of para-hydroxylation sites is 1. The predicted octanol–water partition coefficient (Wildman–Crippen LogP) is 6.54. The van der Waals surface area contributed by atoms with Gasteiger partial charge in [-0.25, -0.2) is 9.37 Å². The van der Waals surface area contributed by atoms with Crippen LogP contribution < -0.4 is 5.56 Å². The van der Waals surface area contributed by atoms with Gasteiger partial charge in [0.15, 0.2) is 0 Å². The zero-order chi connectivity index (χ0) is 25.8. The normalized spacial score (nSPS) is 12.0. The second-order valence-corrected chi connectivity index (χ2v) is 9.15.